The van der Waals surface area contributed by atoms with Crippen molar-refractivity contribution in [3.05, 3.63) is 34.1 Å². The van der Waals surface area contributed by atoms with E-state index in [1.807, 2.05) is 31.1 Å². The minimum absolute atomic E-state index is 0.0783. The fourth-order valence-corrected chi connectivity index (χ4v) is 3.98. The molecule has 1 aliphatic rings. The van der Waals surface area contributed by atoms with Gasteiger partial charge in [-0.25, -0.2) is 4.90 Å². The summed E-state index contributed by atoms with van der Waals surface area (Å²) in [7, 11) is 3.83. The number of aliphatic hydroxyl groups is 2. The van der Waals surface area contributed by atoms with Crippen LogP contribution in [-0.4, -0.2) is 60.8 Å². The topological polar surface area (TPSA) is 81.1 Å². The molecule has 6 nitrogen and oxygen atoms in total. The first kappa shape index (κ1) is 18.9. The van der Waals surface area contributed by atoms with Gasteiger partial charge >= 0.3 is 0 Å². The van der Waals surface area contributed by atoms with Gasteiger partial charge in [0.25, 0.3) is 11.8 Å². The summed E-state index contributed by atoms with van der Waals surface area (Å²) in [6.07, 6.45) is 0. The third kappa shape index (κ3) is 3.94. The van der Waals surface area contributed by atoms with Gasteiger partial charge in [-0.2, -0.15) is 0 Å². The molecule has 2 amide bonds. The molecule has 0 saturated carbocycles. The first-order chi connectivity index (χ1) is 11.5. The third-order valence-corrected chi connectivity index (χ3v) is 5.54. The van der Waals surface area contributed by atoms with E-state index < -0.39 is 0 Å². The number of anilines is 2. The average molecular weight is 368 g/mol. The van der Waals surface area contributed by atoms with E-state index in [1.165, 1.54) is 23.5 Å². The number of aliphatic hydroxyl groups excluding tert-OH is 2. The largest absolute Gasteiger partial charge is 0.396 e. The van der Waals surface area contributed by atoms with Crippen LogP contribution in [0.15, 0.2) is 34.1 Å². The highest BCUT2D eigenvalue weighted by molar-refractivity contribution is 8.08. The molecule has 2 N–H and O–H groups in total. The number of nitrogens with zero attached hydrogens (tertiary/aromatic N) is 2. The van der Waals surface area contributed by atoms with Gasteiger partial charge in [-0.3, -0.25) is 9.59 Å². The van der Waals surface area contributed by atoms with Crippen LogP contribution in [0.3, 0.4) is 0 Å². The first-order valence-electron chi connectivity index (χ1n) is 7.39. The highest BCUT2D eigenvalue weighted by Gasteiger charge is 2.39. The lowest BCUT2D eigenvalue weighted by Crippen LogP contribution is -2.31. The Labute approximate surface area is 149 Å². The molecule has 0 spiro atoms. The maximum atomic E-state index is 12.7. The Morgan fingerprint density at radius 2 is 1.38 bits per heavy atom. The molecule has 0 aliphatic carbocycles. The van der Waals surface area contributed by atoms with Gasteiger partial charge in [0.2, 0.25) is 0 Å². The molecule has 1 heterocycles. The van der Waals surface area contributed by atoms with E-state index in [0.29, 0.717) is 27.0 Å². The summed E-state index contributed by atoms with van der Waals surface area (Å²) in [4.78, 5) is 29.1. The second-order valence-electron chi connectivity index (χ2n) is 5.16. The number of imide groups is 1. The summed E-state index contributed by atoms with van der Waals surface area (Å²) in [5.74, 6) is -0.0800. The molecule has 0 radical (unpaired) electrons. The van der Waals surface area contributed by atoms with Crippen LogP contribution in [0.4, 0.5) is 11.4 Å². The Morgan fingerprint density at radius 1 is 0.917 bits per heavy atom. The molecule has 1 aromatic carbocycles. The van der Waals surface area contributed by atoms with Crippen LogP contribution in [0.1, 0.15) is 0 Å². The van der Waals surface area contributed by atoms with Crippen LogP contribution in [0.5, 0.6) is 0 Å². The zero-order chi connectivity index (χ0) is 17.7. The van der Waals surface area contributed by atoms with Gasteiger partial charge in [0.15, 0.2) is 0 Å². The van der Waals surface area contributed by atoms with E-state index >= 15 is 0 Å². The highest BCUT2D eigenvalue weighted by Crippen LogP contribution is 2.38. The number of benzene rings is 1. The van der Waals surface area contributed by atoms with E-state index in [4.69, 9.17) is 10.2 Å². The molecule has 0 fully saturated rings. The van der Waals surface area contributed by atoms with Crippen molar-refractivity contribution in [1.29, 1.82) is 0 Å². The van der Waals surface area contributed by atoms with Crippen LogP contribution >= 0.6 is 23.5 Å². The van der Waals surface area contributed by atoms with Crippen molar-refractivity contribution in [3.8, 4) is 0 Å². The fraction of sp³-hybridized carbons (Fsp3) is 0.375. The van der Waals surface area contributed by atoms with Gasteiger partial charge in [-0.1, -0.05) is 0 Å². The van der Waals surface area contributed by atoms with Crippen molar-refractivity contribution in [2.75, 3.05) is 48.6 Å². The third-order valence-electron chi connectivity index (χ3n) is 3.30. The number of carbonyl (C=O) groups is 2. The summed E-state index contributed by atoms with van der Waals surface area (Å²) in [6.45, 7) is -0.157. The molecule has 0 bridgehead atoms. The fourth-order valence-electron chi connectivity index (χ4n) is 2.17. The molecule has 1 aliphatic heterocycles. The van der Waals surface area contributed by atoms with Gasteiger partial charge in [0, 0.05) is 31.3 Å². The number of amides is 2. The Morgan fingerprint density at radius 3 is 1.75 bits per heavy atom. The van der Waals surface area contributed by atoms with Crippen LogP contribution in [0.2, 0.25) is 0 Å². The van der Waals surface area contributed by atoms with Crippen LogP contribution in [0.25, 0.3) is 0 Å². The predicted octanol–water partition coefficient (Wildman–Crippen LogP) is 1.29. The van der Waals surface area contributed by atoms with Gasteiger partial charge in [-0.05, 0) is 24.3 Å². The van der Waals surface area contributed by atoms with Crippen LogP contribution in [-0.2, 0) is 9.59 Å². The van der Waals surface area contributed by atoms with E-state index in [9.17, 15) is 9.59 Å². The van der Waals surface area contributed by atoms with Crippen molar-refractivity contribution in [1.82, 2.24) is 0 Å². The van der Waals surface area contributed by atoms with Crippen molar-refractivity contribution in [3.63, 3.8) is 0 Å². The lowest BCUT2D eigenvalue weighted by molar-refractivity contribution is -0.120. The molecule has 1 aromatic rings. The average Bonchev–Trinajstić information content (AvgIpc) is 2.81. The van der Waals surface area contributed by atoms with E-state index in [0.717, 1.165) is 10.6 Å². The summed E-state index contributed by atoms with van der Waals surface area (Å²) >= 11 is 2.34. The molecular formula is C16H20N2O4S2. The first-order valence-corrected chi connectivity index (χ1v) is 9.36. The molecule has 2 rings (SSSR count). The molecule has 130 valence electrons. The van der Waals surface area contributed by atoms with E-state index in [2.05, 4.69) is 0 Å². The standard InChI is InChI=1S/C16H20N2O4S2/c1-17(2)11-3-5-12(6-4-11)18-15(21)13(23-9-7-19)14(16(18)22)24-10-8-20/h3-6,19-20H,7-10H2,1-2H3. The van der Waals surface area contributed by atoms with E-state index in [-0.39, 0.29) is 25.0 Å². The summed E-state index contributed by atoms with van der Waals surface area (Å²) < 4.78 is 0. The Balaban J connectivity index is 2.29. The molecule has 8 heteroatoms. The van der Waals surface area contributed by atoms with Gasteiger partial charge in [0.1, 0.15) is 0 Å². The maximum Gasteiger partial charge on any atom is 0.273 e. The molecule has 0 atom stereocenters. The van der Waals surface area contributed by atoms with Crippen molar-refractivity contribution >= 4 is 46.7 Å². The molecule has 0 unspecified atom stereocenters. The van der Waals surface area contributed by atoms with Gasteiger partial charge in [0.05, 0.1) is 28.7 Å². The Hall–Kier alpha value is -1.48. The zero-order valence-corrected chi connectivity index (χ0v) is 15.2. The molecule has 24 heavy (non-hydrogen) atoms. The highest BCUT2D eigenvalue weighted by atomic mass is 32.2. The lowest BCUT2D eigenvalue weighted by atomic mass is 10.2. The Bertz CT molecular complexity index is 614. The number of hydrogen-bond acceptors (Lipinski definition) is 7. The van der Waals surface area contributed by atoms with Crippen molar-refractivity contribution < 1.29 is 19.8 Å². The SMILES string of the molecule is CN(C)c1ccc(N2C(=O)C(SCCO)=C(SCCO)C2=O)cc1. The van der Waals surface area contributed by atoms with Gasteiger partial charge < -0.3 is 15.1 Å². The van der Waals surface area contributed by atoms with Crippen molar-refractivity contribution in [2.45, 2.75) is 0 Å². The predicted molar refractivity (Wildman–Crippen MR) is 99.4 cm³/mol. The molecule has 0 saturated heterocycles. The number of carbonyl (C=O) groups excluding carboxylic acids is 2. The normalized spacial score (nSPS) is 14.8. The van der Waals surface area contributed by atoms with E-state index in [1.54, 1.807) is 12.1 Å². The lowest BCUT2D eigenvalue weighted by Gasteiger charge is -2.17. The second-order valence-corrected chi connectivity index (χ2v) is 7.37. The molecular weight excluding hydrogens is 348 g/mol. The monoisotopic (exact) mass is 368 g/mol. The van der Waals surface area contributed by atoms with Crippen LogP contribution < -0.4 is 9.80 Å². The zero-order valence-electron chi connectivity index (χ0n) is 13.6. The quantitative estimate of drug-likeness (QED) is 0.669. The van der Waals surface area contributed by atoms with Gasteiger partial charge in [-0.15, -0.1) is 23.5 Å². The second kappa shape index (κ2) is 8.57. The Kier molecular flexibility index (Phi) is 6.73. The maximum absolute atomic E-state index is 12.7. The minimum atomic E-state index is -0.378. The summed E-state index contributed by atoms with van der Waals surface area (Å²) in [5, 5.41) is 18.0. The number of thioether (sulfide) groups is 2. The number of rotatable bonds is 8. The van der Waals surface area contributed by atoms with Crippen LogP contribution in [0, 0.1) is 0 Å². The smallest absolute Gasteiger partial charge is 0.273 e. The molecule has 0 aromatic heterocycles. The summed E-state index contributed by atoms with van der Waals surface area (Å²) in [5.41, 5.74) is 1.48. The summed E-state index contributed by atoms with van der Waals surface area (Å²) in [6, 6.07) is 7.16. The minimum Gasteiger partial charge on any atom is -0.396 e. The number of hydrogen-bond donors (Lipinski definition) is 2. The van der Waals surface area contributed by atoms with Crippen molar-refractivity contribution in [2.24, 2.45) is 0 Å².